The number of benzene rings is 1. The molecule has 1 aliphatic rings. The van der Waals surface area contributed by atoms with Crippen LogP contribution < -0.4 is 5.32 Å². The van der Waals surface area contributed by atoms with E-state index >= 15 is 0 Å². The smallest absolute Gasteiger partial charge is 0.159 e. The van der Waals surface area contributed by atoms with Gasteiger partial charge in [-0.1, -0.05) is 6.07 Å². The van der Waals surface area contributed by atoms with Crippen molar-refractivity contribution in [3.8, 4) is 11.4 Å². The fourth-order valence-electron chi connectivity index (χ4n) is 3.18. The zero-order valence-corrected chi connectivity index (χ0v) is 13.3. The summed E-state index contributed by atoms with van der Waals surface area (Å²) in [5, 5.41) is 3.37. The SMILES string of the molecule is CNC1CCCc2nc(-c3cc(C)c(C)cc3C)ncc21. The quantitative estimate of drug-likeness (QED) is 0.912. The Balaban J connectivity index is 2.07. The molecule has 2 aromatic rings. The molecule has 0 amide bonds. The van der Waals surface area contributed by atoms with E-state index in [0.29, 0.717) is 6.04 Å². The highest BCUT2D eigenvalue weighted by atomic mass is 14.9. The molecule has 1 atom stereocenters. The Morgan fingerprint density at radius 3 is 2.62 bits per heavy atom. The maximum absolute atomic E-state index is 4.86. The van der Waals surface area contributed by atoms with Gasteiger partial charge in [-0.3, -0.25) is 0 Å². The van der Waals surface area contributed by atoms with Crippen LogP contribution in [0.1, 0.15) is 46.8 Å². The molecule has 110 valence electrons. The number of rotatable bonds is 2. The Morgan fingerprint density at radius 1 is 1.10 bits per heavy atom. The molecule has 21 heavy (non-hydrogen) atoms. The lowest BCUT2D eigenvalue weighted by Crippen LogP contribution is -2.23. The van der Waals surface area contributed by atoms with Crippen LogP contribution in [0.3, 0.4) is 0 Å². The number of nitrogens with zero attached hydrogens (tertiary/aromatic N) is 2. The Kier molecular flexibility index (Phi) is 3.77. The minimum Gasteiger partial charge on any atom is -0.313 e. The van der Waals surface area contributed by atoms with E-state index in [1.165, 1.54) is 40.8 Å². The van der Waals surface area contributed by atoms with Crippen molar-refractivity contribution in [1.82, 2.24) is 15.3 Å². The summed E-state index contributed by atoms with van der Waals surface area (Å²) in [5.41, 5.74) is 7.51. The van der Waals surface area contributed by atoms with E-state index in [-0.39, 0.29) is 0 Å². The van der Waals surface area contributed by atoms with Crippen LogP contribution >= 0.6 is 0 Å². The van der Waals surface area contributed by atoms with E-state index in [1.807, 2.05) is 13.2 Å². The van der Waals surface area contributed by atoms with Crippen molar-refractivity contribution >= 4 is 0 Å². The first-order valence-corrected chi connectivity index (χ1v) is 7.71. The van der Waals surface area contributed by atoms with Gasteiger partial charge in [0.25, 0.3) is 0 Å². The largest absolute Gasteiger partial charge is 0.313 e. The molecule has 0 radical (unpaired) electrons. The summed E-state index contributed by atoms with van der Waals surface area (Å²) in [6, 6.07) is 4.85. The van der Waals surface area contributed by atoms with Crippen molar-refractivity contribution < 1.29 is 0 Å². The number of hydrogen-bond acceptors (Lipinski definition) is 3. The number of hydrogen-bond donors (Lipinski definition) is 1. The van der Waals surface area contributed by atoms with Crippen LogP contribution in [-0.2, 0) is 6.42 Å². The third kappa shape index (κ3) is 2.58. The zero-order chi connectivity index (χ0) is 15.0. The maximum atomic E-state index is 4.86. The van der Waals surface area contributed by atoms with Crippen molar-refractivity contribution in [3.05, 3.63) is 46.3 Å². The second-order valence-electron chi connectivity index (χ2n) is 6.08. The van der Waals surface area contributed by atoms with E-state index in [0.717, 1.165) is 17.8 Å². The fraction of sp³-hybridized carbons (Fsp3) is 0.444. The third-order valence-corrected chi connectivity index (χ3v) is 4.61. The molecule has 0 spiro atoms. The van der Waals surface area contributed by atoms with Gasteiger partial charge < -0.3 is 5.32 Å². The highest BCUT2D eigenvalue weighted by Gasteiger charge is 2.21. The molecule has 1 unspecified atom stereocenters. The van der Waals surface area contributed by atoms with Crippen LogP contribution in [0.4, 0.5) is 0 Å². The normalized spacial score (nSPS) is 17.6. The van der Waals surface area contributed by atoms with Gasteiger partial charge in [0, 0.05) is 29.1 Å². The molecule has 1 aromatic carbocycles. The number of aromatic nitrogens is 2. The minimum atomic E-state index is 0.406. The predicted molar refractivity (Wildman–Crippen MR) is 86.4 cm³/mol. The second kappa shape index (κ2) is 5.57. The van der Waals surface area contributed by atoms with Gasteiger partial charge in [-0.15, -0.1) is 0 Å². The van der Waals surface area contributed by atoms with Gasteiger partial charge in [-0.25, -0.2) is 9.97 Å². The summed E-state index contributed by atoms with van der Waals surface area (Å²) in [5.74, 6) is 0.867. The van der Waals surface area contributed by atoms with Crippen molar-refractivity contribution in [2.75, 3.05) is 7.05 Å². The number of fused-ring (bicyclic) bond motifs is 1. The molecule has 0 fully saturated rings. The summed E-state index contributed by atoms with van der Waals surface area (Å²) in [7, 11) is 2.02. The highest BCUT2D eigenvalue weighted by Crippen LogP contribution is 2.30. The standard InChI is InChI=1S/C18H23N3/c1-11-8-13(3)14(9-12(11)2)18-20-10-15-16(19-4)6-5-7-17(15)21-18/h8-10,16,19H,5-7H2,1-4H3. The average Bonchev–Trinajstić information content (AvgIpc) is 2.49. The van der Waals surface area contributed by atoms with Crippen molar-refractivity contribution in [3.63, 3.8) is 0 Å². The Hall–Kier alpha value is -1.74. The lowest BCUT2D eigenvalue weighted by molar-refractivity contribution is 0.488. The molecule has 1 aromatic heterocycles. The van der Waals surface area contributed by atoms with Gasteiger partial charge in [0.1, 0.15) is 0 Å². The molecule has 3 rings (SSSR count). The van der Waals surface area contributed by atoms with Crippen LogP contribution in [0.2, 0.25) is 0 Å². The van der Waals surface area contributed by atoms with Crippen LogP contribution in [0, 0.1) is 20.8 Å². The van der Waals surface area contributed by atoms with Crippen LogP contribution in [0.5, 0.6) is 0 Å². The van der Waals surface area contributed by atoms with E-state index in [1.54, 1.807) is 0 Å². The summed E-state index contributed by atoms with van der Waals surface area (Å²) in [4.78, 5) is 9.50. The first kappa shape index (κ1) is 14.2. The zero-order valence-electron chi connectivity index (χ0n) is 13.3. The number of nitrogens with one attached hydrogen (secondary N) is 1. The molecule has 1 N–H and O–H groups in total. The molecule has 0 saturated heterocycles. The molecule has 0 saturated carbocycles. The van der Waals surface area contributed by atoms with Gasteiger partial charge >= 0.3 is 0 Å². The number of aryl methyl sites for hydroxylation is 4. The molecule has 1 aliphatic carbocycles. The van der Waals surface area contributed by atoms with Gasteiger partial charge in [-0.2, -0.15) is 0 Å². The van der Waals surface area contributed by atoms with Crippen molar-refractivity contribution in [2.45, 2.75) is 46.1 Å². The monoisotopic (exact) mass is 281 g/mol. The minimum absolute atomic E-state index is 0.406. The second-order valence-corrected chi connectivity index (χ2v) is 6.08. The molecule has 0 bridgehead atoms. The van der Waals surface area contributed by atoms with E-state index in [9.17, 15) is 0 Å². The predicted octanol–water partition coefficient (Wildman–Crippen LogP) is 3.67. The van der Waals surface area contributed by atoms with Gasteiger partial charge in [0.2, 0.25) is 0 Å². The van der Waals surface area contributed by atoms with Crippen LogP contribution in [-0.4, -0.2) is 17.0 Å². The topological polar surface area (TPSA) is 37.8 Å². The first-order valence-electron chi connectivity index (χ1n) is 7.71. The lowest BCUT2D eigenvalue weighted by Gasteiger charge is -2.24. The van der Waals surface area contributed by atoms with E-state index < -0.39 is 0 Å². The Labute approximate surface area is 126 Å². The van der Waals surface area contributed by atoms with Crippen LogP contribution in [0.15, 0.2) is 18.3 Å². The summed E-state index contributed by atoms with van der Waals surface area (Å²) in [6.45, 7) is 6.44. The molecule has 0 aliphatic heterocycles. The summed E-state index contributed by atoms with van der Waals surface area (Å²) in [6.07, 6.45) is 5.45. The van der Waals surface area contributed by atoms with Crippen molar-refractivity contribution in [1.29, 1.82) is 0 Å². The van der Waals surface area contributed by atoms with E-state index in [4.69, 9.17) is 4.98 Å². The van der Waals surface area contributed by atoms with Crippen molar-refractivity contribution in [2.24, 2.45) is 0 Å². The molecule has 1 heterocycles. The van der Waals surface area contributed by atoms with Gasteiger partial charge in [-0.05, 0) is 69.8 Å². The van der Waals surface area contributed by atoms with Gasteiger partial charge in [0.05, 0.1) is 0 Å². The molecular weight excluding hydrogens is 258 g/mol. The fourth-order valence-corrected chi connectivity index (χ4v) is 3.18. The van der Waals surface area contributed by atoms with E-state index in [2.05, 4.69) is 43.2 Å². The van der Waals surface area contributed by atoms with Gasteiger partial charge in [0.15, 0.2) is 5.82 Å². The molecule has 3 heteroatoms. The summed E-state index contributed by atoms with van der Waals surface area (Å²) >= 11 is 0. The molecular formula is C18H23N3. The Morgan fingerprint density at radius 2 is 1.86 bits per heavy atom. The highest BCUT2D eigenvalue weighted by molar-refractivity contribution is 5.62. The summed E-state index contributed by atoms with van der Waals surface area (Å²) < 4.78 is 0. The Bertz CT molecular complexity index is 676. The lowest BCUT2D eigenvalue weighted by atomic mass is 9.92. The maximum Gasteiger partial charge on any atom is 0.159 e. The average molecular weight is 281 g/mol. The third-order valence-electron chi connectivity index (χ3n) is 4.61. The first-order chi connectivity index (χ1) is 10.1. The van der Waals surface area contributed by atoms with Crippen LogP contribution in [0.25, 0.3) is 11.4 Å². The molecule has 3 nitrogen and oxygen atoms in total.